The Morgan fingerprint density at radius 3 is 2.87 bits per heavy atom. The van der Waals surface area contributed by atoms with Crippen molar-refractivity contribution in [2.24, 2.45) is 0 Å². The largest absolute Gasteiger partial charge is 0.496 e. The van der Waals surface area contributed by atoms with Crippen LogP contribution in [0, 0.1) is 5.82 Å². The third-order valence-corrected chi connectivity index (χ3v) is 4.02. The molecule has 6 nitrogen and oxygen atoms in total. The zero-order valence-electron chi connectivity index (χ0n) is 13.3. The van der Waals surface area contributed by atoms with E-state index in [0.29, 0.717) is 24.3 Å². The van der Waals surface area contributed by atoms with Gasteiger partial charge in [-0.15, -0.1) is 0 Å². The van der Waals surface area contributed by atoms with E-state index in [-0.39, 0.29) is 25.4 Å². The van der Waals surface area contributed by atoms with E-state index in [4.69, 9.17) is 4.74 Å². The molecule has 1 fully saturated rings. The van der Waals surface area contributed by atoms with E-state index in [0.717, 1.165) is 0 Å². The number of rotatable bonds is 4. The molecule has 1 saturated heterocycles. The minimum absolute atomic E-state index is 0.0299. The van der Waals surface area contributed by atoms with Crippen molar-refractivity contribution in [3.05, 3.63) is 29.6 Å². The van der Waals surface area contributed by atoms with Crippen molar-refractivity contribution in [3.63, 3.8) is 0 Å². The van der Waals surface area contributed by atoms with Gasteiger partial charge < -0.3 is 20.1 Å². The number of halogens is 1. The molecule has 2 amide bonds. The SMILES string of the molecule is COc1ccc(F)cc1CNC(=O)C1(O)CCCN(C(C)=O)C1. The molecule has 126 valence electrons. The second kappa shape index (κ2) is 6.95. The summed E-state index contributed by atoms with van der Waals surface area (Å²) in [5.41, 5.74) is -1.14. The first-order valence-electron chi connectivity index (χ1n) is 7.44. The zero-order valence-corrected chi connectivity index (χ0v) is 13.3. The van der Waals surface area contributed by atoms with Crippen LogP contribution in [0.3, 0.4) is 0 Å². The Morgan fingerprint density at radius 1 is 1.48 bits per heavy atom. The van der Waals surface area contributed by atoms with E-state index in [2.05, 4.69) is 5.32 Å². The summed E-state index contributed by atoms with van der Waals surface area (Å²) < 4.78 is 18.4. The molecule has 0 spiro atoms. The molecule has 0 bridgehead atoms. The minimum Gasteiger partial charge on any atom is -0.496 e. The average molecular weight is 324 g/mol. The molecule has 23 heavy (non-hydrogen) atoms. The maximum absolute atomic E-state index is 13.3. The third kappa shape index (κ3) is 3.98. The second-order valence-electron chi connectivity index (χ2n) is 5.71. The van der Waals surface area contributed by atoms with Gasteiger partial charge >= 0.3 is 0 Å². The maximum atomic E-state index is 13.3. The number of nitrogens with one attached hydrogen (secondary N) is 1. The number of carbonyl (C=O) groups is 2. The van der Waals surface area contributed by atoms with Crippen LogP contribution in [-0.2, 0) is 16.1 Å². The van der Waals surface area contributed by atoms with Gasteiger partial charge in [0.05, 0.1) is 13.7 Å². The van der Waals surface area contributed by atoms with Gasteiger partial charge in [0.1, 0.15) is 11.6 Å². The quantitative estimate of drug-likeness (QED) is 0.860. The van der Waals surface area contributed by atoms with Crippen molar-refractivity contribution < 1.29 is 23.8 Å². The molecule has 1 heterocycles. The average Bonchev–Trinajstić information content (AvgIpc) is 2.52. The zero-order chi connectivity index (χ0) is 17.0. The minimum atomic E-state index is -1.62. The Morgan fingerprint density at radius 2 is 2.22 bits per heavy atom. The predicted molar refractivity (Wildman–Crippen MR) is 81.2 cm³/mol. The number of methoxy groups -OCH3 is 1. The van der Waals surface area contributed by atoms with Gasteiger partial charge in [-0.1, -0.05) is 0 Å². The van der Waals surface area contributed by atoms with Crippen molar-refractivity contribution in [2.45, 2.75) is 31.9 Å². The molecule has 0 saturated carbocycles. The summed E-state index contributed by atoms with van der Waals surface area (Å²) in [6.07, 6.45) is 0.829. The summed E-state index contributed by atoms with van der Waals surface area (Å²) in [5.74, 6) is -0.737. The van der Waals surface area contributed by atoms with Crippen molar-refractivity contribution in [2.75, 3.05) is 20.2 Å². The second-order valence-corrected chi connectivity index (χ2v) is 5.71. The Balaban J connectivity index is 2.04. The number of hydrogen-bond acceptors (Lipinski definition) is 4. The van der Waals surface area contributed by atoms with Crippen molar-refractivity contribution in [3.8, 4) is 5.75 Å². The number of aliphatic hydroxyl groups is 1. The number of carbonyl (C=O) groups excluding carboxylic acids is 2. The first-order valence-corrected chi connectivity index (χ1v) is 7.44. The fourth-order valence-corrected chi connectivity index (χ4v) is 2.72. The molecule has 1 unspecified atom stereocenters. The van der Waals surface area contributed by atoms with E-state index in [9.17, 15) is 19.1 Å². The van der Waals surface area contributed by atoms with Crippen LogP contribution < -0.4 is 10.1 Å². The van der Waals surface area contributed by atoms with E-state index in [1.54, 1.807) is 0 Å². The van der Waals surface area contributed by atoms with Crippen LogP contribution >= 0.6 is 0 Å². The van der Waals surface area contributed by atoms with Gasteiger partial charge in [0.25, 0.3) is 5.91 Å². The van der Waals surface area contributed by atoms with Gasteiger partial charge in [0.2, 0.25) is 5.91 Å². The number of amides is 2. The lowest BCUT2D eigenvalue weighted by Gasteiger charge is -2.37. The van der Waals surface area contributed by atoms with E-state index in [1.165, 1.54) is 37.1 Å². The highest BCUT2D eigenvalue weighted by molar-refractivity contribution is 5.86. The number of hydrogen-bond donors (Lipinski definition) is 2. The molecule has 1 aliphatic rings. The Bertz CT molecular complexity index is 608. The highest BCUT2D eigenvalue weighted by atomic mass is 19.1. The normalized spacial score (nSPS) is 21.0. The Labute approximate surface area is 134 Å². The molecule has 2 N–H and O–H groups in total. The summed E-state index contributed by atoms with van der Waals surface area (Å²) in [6, 6.07) is 4.01. The summed E-state index contributed by atoms with van der Waals surface area (Å²) in [6.45, 7) is 1.93. The van der Waals surface area contributed by atoms with Gasteiger partial charge in [-0.25, -0.2) is 4.39 Å². The molecule has 7 heteroatoms. The molecular weight excluding hydrogens is 303 g/mol. The molecule has 2 rings (SSSR count). The lowest BCUT2D eigenvalue weighted by Crippen LogP contribution is -2.57. The molecule has 1 aromatic rings. The van der Waals surface area contributed by atoms with E-state index in [1.807, 2.05) is 0 Å². The van der Waals surface area contributed by atoms with Gasteiger partial charge in [0.15, 0.2) is 5.60 Å². The first kappa shape index (κ1) is 17.2. The van der Waals surface area contributed by atoms with Gasteiger partial charge in [0, 0.05) is 25.6 Å². The topological polar surface area (TPSA) is 78.9 Å². The molecule has 1 aromatic carbocycles. The number of nitrogens with zero attached hydrogens (tertiary/aromatic N) is 1. The summed E-state index contributed by atoms with van der Waals surface area (Å²) >= 11 is 0. The molecule has 0 aliphatic carbocycles. The highest BCUT2D eigenvalue weighted by Crippen LogP contribution is 2.23. The van der Waals surface area contributed by atoms with Crippen molar-refractivity contribution in [1.29, 1.82) is 0 Å². The number of likely N-dealkylation sites (tertiary alicyclic amines) is 1. The number of ether oxygens (including phenoxy) is 1. The van der Waals surface area contributed by atoms with Crippen LogP contribution in [0.5, 0.6) is 5.75 Å². The number of piperidine rings is 1. The molecule has 1 atom stereocenters. The van der Waals surface area contributed by atoms with Gasteiger partial charge in [-0.3, -0.25) is 9.59 Å². The first-order chi connectivity index (χ1) is 10.9. The third-order valence-electron chi connectivity index (χ3n) is 4.02. The number of benzene rings is 1. The fraction of sp³-hybridized carbons (Fsp3) is 0.500. The Kier molecular flexibility index (Phi) is 5.20. The summed E-state index contributed by atoms with van der Waals surface area (Å²) in [7, 11) is 1.46. The standard InChI is InChI=1S/C16H21FN2O4/c1-11(20)19-7-3-6-16(22,10-19)15(21)18-9-12-8-13(17)4-5-14(12)23-2/h4-5,8,22H,3,6-7,9-10H2,1-2H3,(H,18,21). The van der Waals surface area contributed by atoms with Crippen LogP contribution in [0.15, 0.2) is 18.2 Å². The van der Waals surface area contributed by atoms with Crippen LogP contribution in [-0.4, -0.2) is 47.6 Å². The van der Waals surface area contributed by atoms with Gasteiger partial charge in [-0.05, 0) is 31.0 Å². The van der Waals surface area contributed by atoms with Crippen LogP contribution in [0.1, 0.15) is 25.3 Å². The summed E-state index contributed by atoms with van der Waals surface area (Å²) in [4.78, 5) is 25.2. The lowest BCUT2D eigenvalue weighted by atomic mass is 9.91. The molecular formula is C16H21FN2O4. The van der Waals surface area contributed by atoms with E-state index >= 15 is 0 Å². The maximum Gasteiger partial charge on any atom is 0.254 e. The molecule has 0 radical (unpaired) electrons. The van der Waals surface area contributed by atoms with Crippen molar-refractivity contribution >= 4 is 11.8 Å². The van der Waals surface area contributed by atoms with Gasteiger partial charge in [-0.2, -0.15) is 0 Å². The van der Waals surface area contributed by atoms with Crippen LogP contribution in [0.2, 0.25) is 0 Å². The molecule has 1 aliphatic heterocycles. The van der Waals surface area contributed by atoms with Crippen LogP contribution in [0.4, 0.5) is 4.39 Å². The summed E-state index contributed by atoms with van der Waals surface area (Å²) in [5, 5.41) is 13.1. The fourth-order valence-electron chi connectivity index (χ4n) is 2.72. The molecule has 0 aromatic heterocycles. The monoisotopic (exact) mass is 324 g/mol. The lowest BCUT2D eigenvalue weighted by molar-refractivity contribution is -0.150. The predicted octanol–water partition coefficient (Wildman–Crippen LogP) is 0.824. The Hall–Kier alpha value is -2.15. The van der Waals surface area contributed by atoms with E-state index < -0.39 is 17.3 Å². The van der Waals surface area contributed by atoms with Crippen molar-refractivity contribution in [1.82, 2.24) is 10.2 Å². The highest BCUT2D eigenvalue weighted by Gasteiger charge is 2.40. The number of β-amino-alcohol motifs (C(OH)–C–C–N with tert-alkyl or cyclic N) is 1. The smallest absolute Gasteiger partial charge is 0.254 e. The van der Waals surface area contributed by atoms with Crippen LogP contribution in [0.25, 0.3) is 0 Å².